The number of hydrogen-bond donors (Lipinski definition) is 1. The highest BCUT2D eigenvalue weighted by molar-refractivity contribution is 5.76. The lowest BCUT2D eigenvalue weighted by Gasteiger charge is -2.27. The molecule has 1 rings (SSSR count). The van der Waals surface area contributed by atoms with E-state index in [2.05, 4.69) is 6.92 Å². The van der Waals surface area contributed by atoms with Gasteiger partial charge in [-0.05, 0) is 25.2 Å². The topological polar surface area (TPSA) is 46.3 Å². The number of carbonyl (C=O) groups is 1. The summed E-state index contributed by atoms with van der Waals surface area (Å²) in [5.74, 6) is 0.941. The molecule has 0 aromatic carbocycles. The van der Waals surface area contributed by atoms with Crippen LogP contribution in [0.15, 0.2) is 0 Å². The number of rotatable bonds is 6. The minimum Gasteiger partial charge on any atom is -0.345 e. The molecular weight excluding hydrogens is 212 g/mol. The summed E-state index contributed by atoms with van der Waals surface area (Å²) in [4.78, 5) is 13.8. The number of hydrogen-bond acceptors (Lipinski definition) is 2. The first kappa shape index (κ1) is 14.5. The third-order valence-corrected chi connectivity index (χ3v) is 3.78. The molecule has 0 aromatic heterocycles. The van der Waals surface area contributed by atoms with Crippen LogP contribution in [0.2, 0.25) is 0 Å². The zero-order valence-corrected chi connectivity index (χ0v) is 11.5. The van der Waals surface area contributed by atoms with Crippen LogP contribution in [0.1, 0.15) is 58.3 Å². The molecule has 17 heavy (non-hydrogen) atoms. The SMILES string of the molecule is CCCC(N)CC(=O)N(C)CC1CCCCC1. The van der Waals surface area contributed by atoms with Gasteiger partial charge in [-0.15, -0.1) is 0 Å². The molecule has 100 valence electrons. The highest BCUT2D eigenvalue weighted by Gasteiger charge is 2.19. The quantitative estimate of drug-likeness (QED) is 0.775. The van der Waals surface area contributed by atoms with Gasteiger partial charge in [0, 0.05) is 26.1 Å². The lowest BCUT2D eigenvalue weighted by molar-refractivity contribution is -0.131. The second-order valence-electron chi connectivity index (χ2n) is 5.53. The van der Waals surface area contributed by atoms with Crippen molar-refractivity contribution in [2.24, 2.45) is 11.7 Å². The second kappa shape index (κ2) is 7.70. The first-order chi connectivity index (χ1) is 8.13. The average molecular weight is 240 g/mol. The van der Waals surface area contributed by atoms with E-state index in [4.69, 9.17) is 5.73 Å². The summed E-state index contributed by atoms with van der Waals surface area (Å²) in [6, 6.07) is 0.0429. The molecule has 0 radical (unpaired) electrons. The van der Waals surface area contributed by atoms with E-state index in [-0.39, 0.29) is 11.9 Å². The Kier molecular flexibility index (Phi) is 6.56. The van der Waals surface area contributed by atoms with E-state index in [0.717, 1.165) is 25.3 Å². The molecule has 1 aliphatic rings. The fourth-order valence-corrected chi connectivity index (χ4v) is 2.71. The Bertz CT molecular complexity index is 224. The van der Waals surface area contributed by atoms with Crippen LogP contribution < -0.4 is 5.73 Å². The van der Waals surface area contributed by atoms with Crippen LogP contribution in [0.4, 0.5) is 0 Å². The molecule has 0 aromatic rings. The van der Waals surface area contributed by atoms with Gasteiger partial charge in [0.1, 0.15) is 0 Å². The van der Waals surface area contributed by atoms with Crippen molar-refractivity contribution in [3.8, 4) is 0 Å². The summed E-state index contributed by atoms with van der Waals surface area (Å²) in [5, 5.41) is 0. The summed E-state index contributed by atoms with van der Waals surface area (Å²) in [6.07, 6.45) is 9.14. The molecule has 1 saturated carbocycles. The van der Waals surface area contributed by atoms with Crippen LogP contribution in [-0.4, -0.2) is 30.4 Å². The Morgan fingerprint density at radius 1 is 1.35 bits per heavy atom. The predicted octanol–water partition coefficient (Wildman–Crippen LogP) is 2.54. The van der Waals surface area contributed by atoms with Crippen molar-refractivity contribution in [1.82, 2.24) is 4.90 Å². The fourth-order valence-electron chi connectivity index (χ4n) is 2.71. The number of carbonyl (C=O) groups excluding carboxylic acids is 1. The minimum atomic E-state index is 0.0429. The molecule has 3 nitrogen and oxygen atoms in total. The molecule has 0 spiro atoms. The normalized spacial score (nSPS) is 19.0. The lowest BCUT2D eigenvalue weighted by atomic mass is 9.89. The summed E-state index contributed by atoms with van der Waals surface area (Å²) < 4.78 is 0. The van der Waals surface area contributed by atoms with Gasteiger partial charge >= 0.3 is 0 Å². The monoisotopic (exact) mass is 240 g/mol. The Morgan fingerprint density at radius 3 is 2.59 bits per heavy atom. The van der Waals surface area contributed by atoms with E-state index >= 15 is 0 Å². The van der Waals surface area contributed by atoms with Crippen LogP contribution in [0.5, 0.6) is 0 Å². The van der Waals surface area contributed by atoms with Crippen molar-refractivity contribution in [1.29, 1.82) is 0 Å². The van der Waals surface area contributed by atoms with Crippen LogP contribution in [0.3, 0.4) is 0 Å². The minimum absolute atomic E-state index is 0.0429. The van der Waals surface area contributed by atoms with Crippen molar-refractivity contribution in [2.75, 3.05) is 13.6 Å². The van der Waals surface area contributed by atoms with Gasteiger partial charge in [-0.25, -0.2) is 0 Å². The van der Waals surface area contributed by atoms with Crippen LogP contribution in [0, 0.1) is 5.92 Å². The molecule has 2 N–H and O–H groups in total. The molecule has 0 heterocycles. The summed E-state index contributed by atoms with van der Waals surface area (Å²) in [6.45, 7) is 3.04. The van der Waals surface area contributed by atoms with Crippen molar-refractivity contribution < 1.29 is 4.79 Å². The third-order valence-electron chi connectivity index (χ3n) is 3.78. The summed E-state index contributed by atoms with van der Waals surface area (Å²) in [7, 11) is 1.93. The first-order valence-electron chi connectivity index (χ1n) is 7.13. The van der Waals surface area contributed by atoms with Gasteiger partial charge in [0.2, 0.25) is 5.91 Å². The van der Waals surface area contributed by atoms with Gasteiger partial charge in [0.15, 0.2) is 0 Å². The van der Waals surface area contributed by atoms with Crippen LogP contribution in [-0.2, 0) is 4.79 Å². The smallest absolute Gasteiger partial charge is 0.223 e. The first-order valence-corrected chi connectivity index (χ1v) is 7.13. The van der Waals surface area contributed by atoms with Crippen molar-refractivity contribution in [3.05, 3.63) is 0 Å². The standard InChI is InChI=1S/C14H28N2O/c1-3-7-13(15)10-14(17)16(2)11-12-8-5-4-6-9-12/h12-13H,3-11,15H2,1-2H3. The van der Waals surface area contributed by atoms with Crippen molar-refractivity contribution in [3.63, 3.8) is 0 Å². The zero-order chi connectivity index (χ0) is 12.7. The van der Waals surface area contributed by atoms with Gasteiger partial charge in [-0.3, -0.25) is 4.79 Å². The van der Waals surface area contributed by atoms with Crippen LogP contribution >= 0.6 is 0 Å². The van der Waals surface area contributed by atoms with E-state index in [0.29, 0.717) is 6.42 Å². The van der Waals surface area contributed by atoms with E-state index in [1.807, 2.05) is 11.9 Å². The van der Waals surface area contributed by atoms with E-state index < -0.39 is 0 Å². The Labute approximate surface area is 106 Å². The maximum Gasteiger partial charge on any atom is 0.223 e. The molecule has 0 aliphatic heterocycles. The molecule has 3 heteroatoms. The number of amides is 1. The van der Waals surface area contributed by atoms with E-state index in [1.54, 1.807) is 0 Å². The highest BCUT2D eigenvalue weighted by atomic mass is 16.2. The summed E-state index contributed by atoms with van der Waals surface area (Å²) in [5.41, 5.74) is 5.91. The molecule has 1 fully saturated rings. The molecule has 1 aliphatic carbocycles. The van der Waals surface area contributed by atoms with Crippen LogP contribution in [0.25, 0.3) is 0 Å². The van der Waals surface area contributed by atoms with Gasteiger partial charge in [0.25, 0.3) is 0 Å². The van der Waals surface area contributed by atoms with Crippen molar-refractivity contribution in [2.45, 2.75) is 64.3 Å². The molecule has 1 unspecified atom stereocenters. The van der Waals surface area contributed by atoms with Gasteiger partial charge in [-0.1, -0.05) is 32.6 Å². The fraction of sp³-hybridized carbons (Fsp3) is 0.929. The molecular formula is C14H28N2O. The third kappa shape index (κ3) is 5.53. The average Bonchev–Trinajstić information content (AvgIpc) is 2.30. The Morgan fingerprint density at radius 2 is 2.00 bits per heavy atom. The van der Waals surface area contributed by atoms with E-state index in [9.17, 15) is 4.79 Å². The van der Waals surface area contributed by atoms with Gasteiger partial charge < -0.3 is 10.6 Å². The molecule has 0 saturated heterocycles. The molecule has 1 atom stereocenters. The molecule has 1 amide bonds. The second-order valence-corrected chi connectivity index (χ2v) is 5.53. The van der Waals surface area contributed by atoms with Crippen molar-refractivity contribution >= 4 is 5.91 Å². The highest BCUT2D eigenvalue weighted by Crippen LogP contribution is 2.24. The van der Waals surface area contributed by atoms with E-state index in [1.165, 1.54) is 32.1 Å². The Hall–Kier alpha value is -0.570. The zero-order valence-electron chi connectivity index (χ0n) is 11.5. The number of nitrogens with two attached hydrogens (primary N) is 1. The predicted molar refractivity (Wildman–Crippen MR) is 71.7 cm³/mol. The van der Waals surface area contributed by atoms with Gasteiger partial charge in [0.05, 0.1) is 0 Å². The Balaban J connectivity index is 2.25. The maximum atomic E-state index is 11.9. The lowest BCUT2D eigenvalue weighted by Crippen LogP contribution is -2.36. The largest absolute Gasteiger partial charge is 0.345 e. The molecule has 0 bridgehead atoms. The van der Waals surface area contributed by atoms with Gasteiger partial charge in [-0.2, -0.15) is 0 Å². The number of nitrogens with zero attached hydrogens (tertiary/aromatic N) is 1. The maximum absolute atomic E-state index is 11.9. The summed E-state index contributed by atoms with van der Waals surface area (Å²) >= 11 is 0.